The molecule has 0 bridgehead atoms. The van der Waals surface area contributed by atoms with Gasteiger partial charge in [-0.1, -0.05) is 46.3 Å². The lowest BCUT2D eigenvalue weighted by Crippen LogP contribution is -2.22. The number of hydrogen-bond donors (Lipinski definition) is 1. The number of carbonyl (C=O) groups is 3. The molecule has 0 fully saturated rings. The first kappa shape index (κ1) is 25.0. The highest BCUT2D eigenvalue weighted by atomic mass is 79.9. The van der Waals surface area contributed by atoms with Gasteiger partial charge in [-0.25, -0.2) is 4.79 Å². The number of aryl methyl sites for hydroxylation is 1. The van der Waals surface area contributed by atoms with E-state index in [0.29, 0.717) is 10.6 Å². The minimum Gasteiger partial charge on any atom is -0.462 e. The topological polar surface area (TPSA) is 81.7 Å². The number of benzene rings is 2. The van der Waals surface area contributed by atoms with Gasteiger partial charge in [-0.2, -0.15) is 0 Å². The Hall–Kier alpha value is -2.62. The molecule has 0 aliphatic rings. The van der Waals surface area contributed by atoms with Crippen molar-refractivity contribution in [3.05, 3.63) is 69.5 Å². The molecule has 0 aliphatic carbocycles. The van der Waals surface area contributed by atoms with Crippen LogP contribution in [0.5, 0.6) is 0 Å². The third-order valence-electron chi connectivity index (χ3n) is 4.46. The molecule has 0 spiro atoms. The molecule has 1 amide bonds. The summed E-state index contributed by atoms with van der Waals surface area (Å²) < 4.78 is 11.3. The Morgan fingerprint density at radius 2 is 1.85 bits per heavy atom. The highest BCUT2D eigenvalue weighted by molar-refractivity contribution is 9.10. The summed E-state index contributed by atoms with van der Waals surface area (Å²) >= 11 is 5.97. The average Bonchev–Trinajstić information content (AvgIpc) is 3.21. The smallest absolute Gasteiger partial charge is 0.341 e. The van der Waals surface area contributed by atoms with Gasteiger partial charge in [0.2, 0.25) is 0 Å². The predicted molar refractivity (Wildman–Crippen MR) is 135 cm³/mol. The van der Waals surface area contributed by atoms with E-state index >= 15 is 0 Å². The van der Waals surface area contributed by atoms with Crippen LogP contribution in [0.25, 0.3) is 11.1 Å². The fraction of sp³-hybridized carbons (Fsp3) is 0.208. The Labute approximate surface area is 208 Å². The van der Waals surface area contributed by atoms with Gasteiger partial charge >= 0.3 is 11.9 Å². The maximum atomic E-state index is 12.6. The van der Waals surface area contributed by atoms with Crippen molar-refractivity contribution < 1.29 is 23.9 Å². The van der Waals surface area contributed by atoms with Gasteiger partial charge in [0.1, 0.15) is 10.6 Å². The largest absolute Gasteiger partial charge is 0.462 e. The lowest BCUT2D eigenvalue weighted by Gasteiger charge is -2.09. The zero-order valence-corrected chi connectivity index (χ0v) is 21.3. The van der Waals surface area contributed by atoms with Crippen LogP contribution < -0.4 is 5.32 Å². The van der Waals surface area contributed by atoms with Crippen molar-refractivity contribution in [1.29, 1.82) is 0 Å². The molecule has 2 aromatic carbocycles. The number of hydrogen-bond acceptors (Lipinski definition) is 7. The number of ether oxygens (including phenoxy) is 2. The SMILES string of the molecule is CCOC(=O)c1c(-c2ccccc2)csc1NC(=O)COC(=O)CSc1ccc(Br)cc1C. The van der Waals surface area contributed by atoms with Gasteiger partial charge < -0.3 is 14.8 Å². The van der Waals surface area contributed by atoms with E-state index in [9.17, 15) is 14.4 Å². The normalized spacial score (nSPS) is 10.5. The second-order valence-electron chi connectivity index (χ2n) is 6.85. The van der Waals surface area contributed by atoms with Crippen molar-refractivity contribution in [3.8, 4) is 11.1 Å². The van der Waals surface area contributed by atoms with Crippen LogP contribution in [0.3, 0.4) is 0 Å². The lowest BCUT2D eigenvalue weighted by atomic mass is 10.0. The van der Waals surface area contributed by atoms with Crippen LogP contribution in [0.2, 0.25) is 0 Å². The Balaban J connectivity index is 1.61. The van der Waals surface area contributed by atoms with Crippen LogP contribution in [0.1, 0.15) is 22.8 Å². The number of esters is 2. The summed E-state index contributed by atoms with van der Waals surface area (Å²) in [6.45, 7) is 3.44. The number of carbonyl (C=O) groups excluding carboxylic acids is 3. The fourth-order valence-corrected chi connectivity index (χ4v) is 5.20. The number of nitrogens with one attached hydrogen (secondary N) is 1. The number of thioether (sulfide) groups is 1. The highest BCUT2D eigenvalue weighted by Crippen LogP contribution is 2.36. The van der Waals surface area contributed by atoms with E-state index in [1.54, 1.807) is 12.3 Å². The van der Waals surface area contributed by atoms with E-state index in [1.807, 2.05) is 55.5 Å². The molecular formula is C24H22BrNO5S2. The average molecular weight is 548 g/mol. The van der Waals surface area contributed by atoms with Crippen LogP contribution in [0.4, 0.5) is 5.00 Å². The fourth-order valence-electron chi connectivity index (χ4n) is 2.95. The third-order valence-corrected chi connectivity index (χ3v) is 6.99. The first-order valence-corrected chi connectivity index (χ1v) is 12.7. The third kappa shape index (κ3) is 6.93. The molecule has 33 heavy (non-hydrogen) atoms. The molecule has 0 saturated heterocycles. The van der Waals surface area contributed by atoms with Crippen molar-refractivity contribution in [2.45, 2.75) is 18.7 Å². The molecule has 3 aromatic rings. The standard InChI is InChI=1S/C24H22BrNO5S2/c1-3-30-24(29)22-18(16-7-5-4-6-8-16)13-33-23(22)26-20(27)12-31-21(28)14-32-19-10-9-17(25)11-15(19)2/h4-11,13H,3,12,14H2,1-2H3,(H,26,27). The molecule has 0 radical (unpaired) electrons. The zero-order chi connectivity index (χ0) is 23.8. The van der Waals surface area contributed by atoms with Crippen molar-refractivity contribution in [3.63, 3.8) is 0 Å². The maximum absolute atomic E-state index is 12.6. The quantitative estimate of drug-likeness (QED) is 0.264. The second-order valence-corrected chi connectivity index (χ2v) is 9.66. The predicted octanol–water partition coefficient (Wildman–Crippen LogP) is 5.94. The van der Waals surface area contributed by atoms with Gasteiger partial charge in [0.05, 0.1) is 12.4 Å². The number of anilines is 1. The molecule has 6 nitrogen and oxygen atoms in total. The summed E-state index contributed by atoms with van der Waals surface area (Å²) in [5.41, 5.74) is 2.84. The molecule has 0 saturated carbocycles. The number of thiophene rings is 1. The Morgan fingerprint density at radius 3 is 2.55 bits per heavy atom. The first-order chi connectivity index (χ1) is 15.9. The first-order valence-electron chi connectivity index (χ1n) is 10.1. The number of amides is 1. The van der Waals surface area contributed by atoms with Gasteiger partial charge in [0, 0.05) is 20.3 Å². The van der Waals surface area contributed by atoms with E-state index in [1.165, 1.54) is 23.1 Å². The summed E-state index contributed by atoms with van der Waals surface area (Å²) in [7, 11) is 0. The van der Waals surface area contributed by atoms with Crippen LogP contribution >= 0.6 is 39.0 Å². The zero-order valence-electron chi connectivity index (χ0n) is 18.1. The Morgan fingerprint density at radius 1 is 1.09 bits per heavy atom. The summed E-state index contributed by atoms with van der Waals surface area (Å²) in [5.74, 6) is -1.47. The molecule has 0 unspecified atom stereocenters. The Bertz CT molecular complexity index is 1150. The van der Waals surface area contributed by atoms with Crippen molar-refractivity contribution in [2.75, 3.05) is 24.3 Å². The summed E-state index contributed by atoms with van der Waals surface area (Å²) in [6, 6.07) is 15.2. The molecular weight excluding hydrogens is 526 g/mol. The number of halogens is 1. The van der Waals surface area contributed by atoms with Crippen molar-refractivity contribution in [2.24, 2.45) is 0 Å². The molecule has 1 N–H and O–H groups in total. The Kier molecular flexibility index (Phi) is 9.11. The van der Waals surface area contributed by atoms with E-state index in [-0.39, 0.29) is 17.9 Å². The number of rotatable bonds is 9. The molecule has 9 heteroatoms. The van der Waals surface area contributed by atoms with Gasteiger partial charge in [0.25, 0.3) is 5.91 Å². The van der Waals surface area contributed by atoms with E-state index in [4.69, 9.17) is 9.47 Å². The summed E-state index contributed by atoms with van der Waals surface area (Å²) in [5, 5.41) is 4.82. The maximum Gasteiger partial charge on any atom is 0.341 e. The van der Waals surface area contributed by atoms with Crippen molar-refractivity contribution >= 4 is 61.9 Å². The van der Waals surface area contributed by atoms with Crippen molar-refractivity contribution in [1.82, 2.24) is 0 Å². The van der Waals surface area contributed by atoms with E-state index < -0.39 is 24.5 Å². The van der Waals surface area contributed by atoms with Gasteiger partial charge in [0.15, 0.2) is 6.61 Å². The van der Waals surface area contributed by atoms with Crippen LogP contribution in [0.15, 0.2) is 63.3 Å². The summed E-state index contributed by atoms with van der Waals surface area (Å²) in [4.78, 5) is 38.1. The molecule has 0 aliphatic heterocycles. The van der Waals surface area contributed by atoms with Crippen LogP contribution in [-0.4, -0.2) is 36.8 Å². The minimum absolute atomic E-state index is 0.0843. The second kappa shape index (κ2) is 12.0. The molecule has 0 atom stereocenters. The monoisotopic (exact) mass is 547 g/mol. The lowest BCUT2D eigenvalue weighted by molar-refractivity contribution is -0.144. The summed E-state index contributed by atoms with van der Waals surface area (Å²) in [6.07, 6.45) is 0. The van der Waals surface area contributed by atoms with Gasteiger partial charge in [-0.15, -0.1) is 23.1 Å². The van der Waals surface area contributed by atoms with Gasteiger partial charge in [-0.3, -0.25) is 9.59 Å². The molecule has 172 valence electrons. The molecule has 3 rings (SSSR count). The van der Waals surface area contributed by atoms with E-state index in [2.05, 4.69) is 21.2 Å². The highest BCUT2D eigenvalue weighted by Gasteiger charge is 2.23. The van der Waals surface area contributed by atoms with Gasteiger partial charge in [-0.05, 0) is 43.2 Å². The van der Waals surface area contributed by atoms with E-state index in [0.717, 1.165) is 20.5 Å². The van der Waals surface area contributed by atoms with Crippen LogP contribution in [-0.2, 0) is 19.1 Å². The molecule has 1 aromatic heterocycles. The molecule has 1 heterocycles. The van der Waals surface area contributed by atoms with Crippen LogP contribution in [0, 0.1) is 6.92 Å². The minimum atomic E-state index is -0.528.